The molecule has 1 unspecified atom stereocenters. The number of ether oxygens (including phenoxy) is 2. The van der Waals surface area contributed by atoms with Crippen molar-refractivity contribution in [3.8, 4) is 5.75 Å². The minimum Gasteiger partial charge on any atom is -0.496 e. The summed E-state index contributed by atoms with van der Waals surface area (Å²) in [7, 11) is 1.58. The fraction of sp³-hybridized carbons (Fsp3) is 0.381. The summed E-state index contributed by atoms with van der Waals surface area (Å²) in [6, 6.07) is 17.9. The molecule has 1 fully saturated rings. The molecule has 3 rings (SSSR count). The average molecular weight is 354 g/mol. The van der Waals surface area contributed by atoms with Gasteiger partial charge in [-0.1, -0.05) is 42.5 Å². The van der Waals surface area contributed by atoms with E-state index in [1.54, 1.807) is 19.2 Å². The number of carbonyl (C=O) groups is 1. The number of hydrogen-bond donors (Lipinski definition) is 1. The molecule has 5 nitrogen and oxygen atoms in total. The Morgan fingerprint density at radius 2 is 1.81 bits per heavy atom. The normalized spacial score (nSPS) is 16.0. The zero-order valence-corrected chi connectivity index (χ0v) is 15.2. The maximum atomic E-state index is 12.6. The van der Waals surface area contributed by atoms with Gasteiger partial charge in [0.15, 0.2) is 0 Å². The van der Waals surface area contributed by atoms with Crippen LogP contribution in [0, 0.1) is 0 Å². The van der Waals surface area contributed by atoms with Crippen LogP contribution in [0.2, 0.25) is 0 Å². The Labute approximate surface area is 154 Å². The third-order valence-corrected chi connectivity index (χ3v) is 4.73. The zero-order valence-electron chi connectivity index (χ0n) is 15.2. The number of nitrogens with one attached hydrogen (secondary N) is 1. The van der Waals surface area contributed by atoms with E-state index < -0.39 is 0 Å². The number of methoxy groups -OCH3 is 1. The van der Waals surface area contributed by atoms with Crippen LogP contribution >= 0.6 is 0 Å². The maximum absolute atomic E-state index is 12.6. The van der Waals surface area contributed by atoms with Gasteiger partial charge in [0, 0.05) is 25.7 Å². The Morgan fingerprint density at radius 3 is 2.54 bits per heavy atom. The lowest BCUT2D eigenvalue weighted by molar-refractivity contribution is 0.0167. The average Bonchev–Trinajstić information content (AvgIpc) is 2.72. The van der Waals surface area contributed by atoms with Crippen molar-refractivity contribution < 1.29 is 14.3 Å². The molecule has 0 radical (unpaired) electrons. The van der Waals surface area contributed by atoms with Crippen LogP contribution in [0.3, 0.4) is 0 Å². The number of morpholine rings is 1. The first kappa shape index (κ1) is 18.4. The molecular formula is C21H26N2O3. The maximum Gasteiger partial charge on any atom is 0.255 e. The van der Waals surface area contributed by atoms with Gasteiger partial charge in [0.25, 0.3) is 5.91 Å². The summed E-state index contributed by atoms with van der Waals surface area (Å²) in [5, 5.41) is 3.09. The molecule has 0 bridgehead atoms. The molecule has 0 spiro atoms. The van der Waals surface area contributed by atoms with E-state index in [1.165, 1.54) is 5.56 Å². The van der Waals surface area contributed by atoms with Gasteiger partial charge < -0.3 is 14.8 Å². The fourth-order valence-corrected chi connectivity index (χ4v) is 3.30. The van der Waals surface area contributed by atoms with Gasteiger partial charge in [-0.3, -0.25) is 9.69 Å². The van der Waals surface area contributed by atoms with E-state index in [0.29, 0.717) is 17.9 Å². The highest BCUT2D eigenvalue weighted by Crippen LogP contribution is 2.17. The molecule has 0 aromatic heterocycles. The van der Waals surface area contributed by atoms with Crippen LogP contribution in [-0.2, 0) is 11.2 Å². The highest BCUT2D eigenvalue weighted by atomic mass is 16.5. The molecule has 138 valence electrons. The van der Waals surface area contributed by atoms with E-state index in [2.05, 4.69) is 34.5 Å². The molecule has 0 aliphatic carbocycles. The van der Waals surface area contributed by atoms with Crippen LogP contribution in [-0.4, -0.2) is 56.8 Å². The molecule has 2 aromatic carbocycles. The lowest BCUT2D eigenvalue weighted by Gasteiger charge is -2.34. The highest BCUT2D eigenvalue weighted by Gasteiger charge is 2.22. The quantitative estimate of drug-likeness (QED) is 0.829. The Morgan fingerprint density at radius 1 is 1.12 bits per heavy atom. The second-order valence-corrected chi connectivity index (χ2v) is 6.40. The van der Waals surface area contributed by atoms with E-state index in [1.807, 2.05) is 18.2 Å². The molecular weight excluding hydrogens is 328 g/mol. The fourth-order valence-electron chi connectivity index (χ4n) is 3.30. The molecule has 1 aliphatic rings. The zero-order chi connectivity index (χ0) is 18.2. The van der Waals surface area contributed by atoms with Gasteiger partial charge in [0.1, 0.15) is 5.75 Å². The number of amides is 1. The summed E-state index contributed by atoms with van der Waals surface area (Å²) in [5.74, 6) is 0.491. The smallest absolute Gasteiger partial charge is 0.255 e. The summed E-state index contributed by atoms with van der Waals surface area (Å²) >= 11 is 0. The number of carbonyl (C=O) groups excluding carboxylic acids is 1. The Bertz CT molecular complexity index is 699. The van der Waals surface area contributed by atoms with Crippen LogP contribution in [0.25, 0.3) is 0 Å². The molecule has 1 heterocycles. The summed E-state index contributed by atoms with van der Waals surface area (Å²) in [5.41, 5.74) is 1.84. The van der Waals surface area contributed by atoms with Crippen LogP contribution < -0.4 is 10.1 Å². The first-order chi connectivity index (χ1) is 12.8. The van der Waals surface area contributed by atoms with Crippen molar-refractivity contribution in [2.75, 3.05) is 40.0 Å². The van der Waals surface area contributed by atoms with Gasteiger partial charge in [-0.15, -0.1) is 0 Å². The Kier molecular flexibility index (Phi) is 6.63. The highest BCUT2D eigenvalue weighted by molar-refractivity contribution is 5.96. The number of hydrogen-bond acceptors (Lipinski definition) is 4. The van der Waals surface area contributed by atoms with Crippen LogP contribution in [0.4, 0.5) is 0 Å². The lowest BCUT2D eigenvalue weighted by atomic mass is 10.0. The van der Waals surface area contributed by atoms with Crippen molar-refractivity contribution in [1.82, 2.24) is 10.2 Å². The summed E-state index contributed by atoms with van der Waals surface area (Å²) in [4.78, 5) is 15.0. The third-order valence-electron chi connectivity index (χ3n) is 4.73. The van der Waals surface area contributed by atoms with Gasteiger partial charge in [-0.2, -0.15) is 0 Å². The topological polar surface area (TPSA) is 50.8 Å². The molecule has 1 saturated heterocycles. The van der Waals surface area contributed by atoms with Crippen molar-refractivity contribution in [3.05, 3.63) is 65.7 Å². The molecule has 26 heavy (non-hydrogen) atoms. The minimum absolute atomic E-state index is 0.103. The largest absolute Gasteiger partial charge is 0.496 e. The van der Waals surface area contributed by atoms with Crippen LogP contribution in [0.1, 0.15) is 15.9 Å². The SMILES string of the molecule is COc1ccccc1C(=O)NCC(Cc1ccccc1)N1CCOCC1. The molecule has 1 N–H and O–H groups in total. The van der Waals surface area contributed by atoms with Crippen molar-refractivity contribution in [3.63, 3.8) is 0 Å². The van der Waals surface area contributed by atoms with E-state index in [9.17, 15) is 4.79 Å². The van der Waals surface area contributed by atoms with Gasteiger partial charge in [0.2, 0.25) is 0 Å². The minimum atomic E-state index is -0.103. The molecule has 1 amide bonds. The number of nitrogens with zero attached hydrogens (tertiary/aromatic N) is 1. The van der Waals surface area contributed by atoms with Crippen molar-refractivity contribution >= 4 is 5.91 Å². The van der Waals surface area contributed by atoms with E-state index in [0.717, 1.165) is 32.7 Å². The predicted octanol–water partition coefficient (Wildman–Crippen LogP) is 2.37. The van der Waals surface area contributed by atoms with Crippen molar-refractivity contribution in [1.29, 1.82) is 0 Å². The van der Waals surface area contributed by atoms with E-state index >= 15 is 0 Å². The Balaban J connectivity index is 1.67. The third kappa shape index (κ3) is 4.84. The van der Waals surface area contributed by atoms with Gasteiger partial charge >= 0.3 is 0 Å². The molecule has 2 aromatic rings. The van der Waals surface area contributed by atoms with Gasteiger partial charge in [0.05, 0.1) is 25.9 Å². The predicted molar refractivity (Wildman–Crippen MR) is 102 cm³/mol. The van der Waals surface area contributed by atoms with Crippen LogP contribution in [0.15, 0.2) is 54.6 Å². The molecule has 1 aliphatic heterocycles. The number of para-hydroxylation sites is 1. The second kappa shape index (κ2) is 9.36. The van der Waals surface area contributed by atoms with E-state index in [-0.39, 0.29) is 11.9 Å². The lowest BCUT2D eigenvalue weighted by Crippen LogP contribution is -2.49. The van der Waals surface area contributed by atoms with Crippen molar-refractivity contribution in [2.24, 2.45) is 0 Å². The molecule has 0 saturated carbocycles. The number of benzene rings is 2. The van der Waals surface area contributed by atoms with E-state index in [4.69, 9.17) is 9.47 Å². The monoisotopic (exact) mass is 354 g/mol. The van der Waals surface area contributed by atoms with Crippen LogP contribution in [0.5, 0.6) is 5.75 Å². The summed E-state index contributed by atoms with van der Waals surface area (Å²) in [6.45, 7) is 3.85. The van der Waals surface area contributed by atoms with Gasteiger partial charge in [-0.05, 0) is 24.1 Å². The first-order valence-electron chi connectivity index (χ1n) is 9.05. The summed E-state index contributed by atoms with van der Waals surface area (Å²) < 4.78 is 10.8. The Hall–Kier alpha value is -2.37. The first-order valence-corrected chi connectivity index (χ1v) is 9.05. The van der Waals surface area contributed by atoms with Gasteiger partial charge in [-0.25, -0.2) is 0 Å². The standard InChI is InChI=1S/C21H26N2O3/c1-25-20-10-6-5-9-19(20)21(24)22-16-18(23-11-13-26-14-12-23)15-17-7-3-2-4-8-17/h2-10,18H,11-16H2,1H3,(H,22,24). The second-order valence-electron chi connectivity index (χ2n) is 6.40. The molecule has 1 atom stereocenters. The summed E-state index contributed by atoms with van der Waals surface area (Å²) in [6.07, 6.45) is 0.896. The number of rotatable bonds is 7. The molecule has 5 heteroatoms. The van der Waals surface area contributed by atoms with Crippen molar-refractivity contribution in [2.45, 2.75) is 12.5 Å².